The quantitative estimate of drug-likeness (QED) is 0.566. The number of nitrogens with zero attached hydrogens (tertiary/aromatic N) is 4. The van der Waals surface area contributed by atoms with Crippen molar-refractivity contribution in [3.8, 4) is 0 Å². The molecule has 2 heterocycles. The molecule has 2 aromatic carbocycles. The van der Waals surface area contributed by atoms with Crippen LogP contribution in [-0.2, 0) is 13.1 Å². The van der Waals surface area contributed by atoms with Crippen LogP contribution in [-0.4, -0.2) is 19.4 Å². The molecule has 0 amide bonds. The highest BCUT2D eigenvalue weighted by molar-refractivity contribution is 5.67. The minimum atomic E-state index is -0.505. The first-order chi connectivity index (χ1) is 12.2. The summed E-state index contributed by atoms with van der Waals surface area (Å²) in [5.41, 5.74) is 1.02. The zero-order valence-electron chi connectivity index (χ0n) is 13.2. The fourth-order valence-electron chi connectivity index (χ4n) is 2.76. The average molecular weight is 334 g/mol. The van der Waals surface area contributed by atoms with Gasteiger partial charge in [-0.15, -0.1) is 0 Å². The molecule has 7 nitrogen and oxygen atoms in total. The number of benzene rings is 2. The Morgan fingerprint density at radius 1 is 0.760 bits per heavy atom. The molecule has 0 radical (unpaired) electrons. The second-order valence-corrected chi connectivity index (χ2v) is 5.67. The van der Waals surface area contributed by atoms with E-state index in [0.717, 1.165) is 15.7 Å². The van der Waals surface area contributed by atoms with E-state index in [-0.39, 0.29) is 24.3 Å². The Morgan fingerprint density at radius 2 is 1.32 bits per heavy atom. The lowest BCUT2D eigenvalue weighted by atomic mass is 10.2. The highest BCUT2D eigenvalue weighted by atomic mass is 16.6. The molecule has 0 N–H and O–H groups in total. The van der Waals surface area contributed by atoms with Crippen molar-refractivity contribution >= 4 is 11.2 Å². The molecule has 0 aliphatic heterocycles. The van der Waals surface area contributed by atoms with Crippen LogP contribution in [0.25, 0.3) is 11.2 Å². The van der Waals surface area contributed by atoms with E-state index in [1.54, 1.807) is 0 Å². The maximum atomic E-state index is 12.9. The lowest BCUT2D eigenvalue weighted by Crippen LogP contribution is -2.40. The summed E-state index contributed by atoms with van der Waals surface area (Å²) in [7, 11) is 0. The monoisotopic (exact) mass is 334 g/mol. The van der Waals surface area contributed by atoms with Crippen molar-refractivity contribution in [1.29, 1.82) is 0 Å². The van der Waals surface area contributed by atoms with Gasteiger partial charge in [0, 0.05) is 0 Å². The molecule has 0 atom stereocenters. The Bertz CT molecular complexity index is 1130. The van der Waals surface area contributed by atoms with E-state index in [9.17, 15) is 9.59 Å². The largest absolute Gasteiger partial charge is 0.333 e. The minimum absolute atomic E-state index is 0.0477. The number of aromatic nitrogens is 4. The van der Waals surface area contributed by atoms with Crippen LogP contribution in [0.3, 0.4) is 0 Å². The van der Waals surface area contributed by atoms with Gasteiger partial charge in [0.1, 0.15) is 0 Å². The van der Waals surface area contributed by atoms with Crippen LogP contribution in [0, 0.1) is 0 Å². The Labute approximate surface area is 141 Å². The third kappa shape index (κ3) is 2.76. The average Bonchev–Trinajstić information content (AvgIpc) is 3.14. The topological polar surface area (TPSA) is 82.9 Å². The van der Waals surface area contributed by atoms with Crippen LogP contribution in [0.2, 0.25) is 0 Å². The van der Waals surface area contributed by atoms with Crippen molar-refractivity contribution in [2.75, 3.05) is 0 Å². The summed E-state index contributed by atoms with van der Waals surface area (Å²) in [6.07, 6.45) is 0. The highest BCUT2D eigenvalue weighted by Crippen LogP contribution is 2.07. The second kappa shape index (κ2) is 6.20. The summed E-state index contributed by atoms with van der Waals surface area (Å²) in [6.45, 7) is 0.440. The van der Waals surface area contributed by atoms with Crippen molar-refractivity contribution in [3.05, 3.63) is 92.6 Å². The Kier molecular flexibility index (Phi) is 3.74. The molecule has 7 heteroatoms. The standard InChI is InChI=1S/C18H14N4O3/c23-17-15-16(20-25-19-15)21(11-13-7-3-1-4-8-13)18(24)22(17)12-14-9-5-2-6-10-14/h1-10H,11-12H2. The third-order valence-corrected chi connectivity index (χ3v) is 4.00. The van der Waals surface area contributed by atoms with E-state index in [4.69, 9.17) is 4.63 Å². The molecular formula is C18H14N4O3. The molecule has 0 aliphatic carbocycles. The summed E-state index contributed by atoms with van der Waals surface area (Å²) in [5.74, 6) is 0. The number of rotatable bonds is 4. The summed E-state index contributed by atoms with van der Waals surface area (Å²) in [5, 5.41) is 7.43. The van der Waals surface area contributed by atoms with Gasteiger partial charge in [-0.1, -0.05) is 60.7 Å². The van der Waals surface area contributed by atoms with E-state index < -0.39 is 11.2 Å². The van der Waals surface area contributed by atoms with Crippen molar-refractivity contribution in [2.24, 2.45) is 0 Å². The van der Waals surface area contributed by atoms with Gasteiger partial charge in [0.15, 0.2) is 0 Å². The van der Waals surface area contributed by atoms with Crippen LogP contribution in [0.5, 0.6) is 0 Å². The van der Waals surface area contributed by atoms with Gasteiger partial charge in [0.05, 0.1) is 13.1 Å². The fraction of sp³-hybridized carbons (Fsp3) is 0.111. The van der Waals surface area contributed by atoms with Crippen LogP contribution in [0.4, 0.5) is 0 Å². The Hall–Kier alpha value is -3.48. The zero-order chi connectivity index (χ0) is 17.2. The van der Waals surface area contributed by atoms with Gasteiger partial charge in [-0.25, -0.2) is 9.42 Å². The molecular weight excluding hydrogens is 320 g/mol. The lowest BCUT2D eigenvalue weighted by Gasteiger charge is -2.10. The van der Waals surface area contributed by atoms with Crippen molar-refractivity contribution in [2.45, 2.75) is 13.1 Å². The van der Waals surface area contributed by atoms with Gasteiger partial charge >= 0.3 is 5.69 Å². The van der Waals surface area contributed by atoms with Crippen LogP contribution >= 0.6 is 0 Å². The van der Waals surface area contributed by atoms with E-state index in [1.165, 1.54) is 4.57 Å². The molecule has 4 rings (SSSR count). The molecule has 2 aromatic heterocycles. The first-order valence-corrected chi connectivity index (χ1v) is 7.78. The Morgan fingerprint density at radius 3 is 1.92 bits per heavy atom. The molecule has 25 heavy (non-hydrogen) atoms. The van der Waals surface area contributed by atoms with E-state index >= 15 is 0 Å². The van der Waals surface area contributed by atoms with Crippen molar-refractivity contribution in [1.82, 2.24) is 19.4 Å². The van der Waals surface area contributed by atoms with Gasteiger partial charge in [0.2, 0.25) is 11.2 Å². The van der Waals surface area contributed by atoms with Crippen LogP contribution in [0.15, 0.2) is 74.9 Å². The summed E-state index contributed by atoms with van der Waals surface area (Å²) >= 11 is 0. The normalized spacial score (nSPS) is 11.0. The minimum Gasteiger partial charge on any atom is -0.269 e. The Balaban J connectivity index is 1.89. The summed E-state index contributed by atoms with van der Waals surface area (Å²) in [6, 6.07) is 18.8. The zero-order valence-corrected chi connectivity index (χ0v) is 13.2. The van der Waals surface area contributed by atoms with Gasteiger partial charge in [0.25, 0.3) is 5.56 Å². The van der Waals surface area contributed by atoms with E-state index in [0.29, 0.717) is 0 Å². The maximum Gasteiger partial charge on any atom is 0.333 e. The van der Waals surface area contributed by atoms with Gasteiger partial charge in [-0.05, 0) is 21.4 Å². The number of fused-ring (bicyclic) bond motifs is 1. The predicted octanol–water partition coefficient (Wildman–Crippen LogP) is 1.64. The number of hydrogen-bond donors (Lipinski definition) is 0. The second-order valence-electron chi connectivity index (χ2n) is 5.67. The van der Waals surface area contributed by atoms with Crippen LogP contribution in [0.1, 0.15) is 11.1 Å². The highest BCUT2D eigenvalue weighted by Gasteiger charge is 2.18. The van der Waals surface area contributed by atoms with Crippen molar-refractivity contribution in [3.63, 3.8) is 0 Å². The molecule has 4 aromatic rings. The molecule has 0 saturated heterocycles. The van der Waals surface area contributed by atoms with Gasteiger partial charge in [-0.2, -0.15) is 0 Å². The van der Waals surface area contributed by atoms with Crippen LogP contribution < -0.4 is 11.2 Å². The molecule has 0 fully saturated rings. The fourth-order valence-corrected chi connectivity index (χ4v) is 2.76. The first-order valence-electron chi connectivity index (χ1n) is 7.78. The molecule has 0 unspecified atom stereocenters. The SMILES string of the molecule is O=c1c2nonc2n(Cc2ccccc2)c(=O)n1Cc1ccccc1. The molecule has 0 spiro atoms. The maximum absolute atomic E-state index is 12.9. The van der Waals surface area contributed by atoms with Crippen molar-refractivity contribution < 1.29 is 4.63 Å². The van der Waals surface area contributed by atoms with E-state index in [1.807, 2.05) is 60.7 Å². The number of hydrogen-bond acceptors (Lipinski definition) is 5. The first kappa shape index (κ1) is 15.1. The molecule has 0 saturated carbocycles. The summed E-state index contributed by atoms with van der Waals surface area (Å²) in [4.78, 5) is 25.5. The molecule has 0 bridgehead atoms. The van der Waals surface area contributed by atoms with Gasteiger partial charge < -0.3 is 0 Å². The summed E-state index contributed by atoms with van der Waals surface area (Å²) < 4.78 is 7.28. The lowest BCUT2D eigenvalue weighted by molar-refractivity contribution is 0.313. The smallest absolute Gasteiger partial charge is 0.269 e. The molecule has 124 valence electrons. The van der Waals surface area contributed by atoms with E-state index in [2.05, 4.69) is 10.3 Å². The predicted molar refractivity (Wildman–Crippen MR) is 91.4 cm³/mol. The third-order valence-electron chi connectivity index (χ3n) is 4.00. The molecule has 0 aliphatic rings. The van der Waals surface area contributed by atoms with Gasteiger partial charge in [-0.3, -0.25) is 13.9 Å².